The minimum absolute atomic E-state index is 0.402. The van der Waals surface area contributed by atoms with Crippen LogP contribution in [-0.2, 0) is 18.0 Å². The van der Waals surface area contributed by atoms with Crippen LogP contribution in [0.4, 0.5) is 10.5 Å². The number of nitrogens with zero attached hydrogens (tertiary/aromatic N) is 3. The van der Waals surface area contributed by atoms with Gasteiger partial charge in [-0.3, -0.25) is 4.90 Å². The molecule has 1 aromatic heterocycles. The second-order valence-corrected chi connectivity index (χ2v) is 8.29. The lowest BCUT2D eigenvalue weighted by Gasteiger charge is -2.36. The van der Waals surface area contributed by atoms with Gasteiger partial charge in [0.15, 0.2) is 12.3 Å². The van der Waals surface area contributed by atoms with Crippen LogP contribution in [0.3, 0.4) is 0 Å². The number of carboxylic acid groups (broad SMARTS) is 1. The maximum atomic E-state index is 12.3. The van der Waals surface area contributed by atoms with Crippen LogP contribution in [0.5, 0.6) is 0 Å². The molecule has 1 saturated heterocycles. The van der Waals surface area contributed by atoms with Gasteiger partial charge in [0, 0.05) is 32.7 Å². The summed E-state index contributed by atoms with van der Waals surface area (Å²) in [4.78, 5) is 27.6. The van der Waals surface area contributed by atoms with Gasteiger partial charge in [-0.15, -0.1) is 0 Å². The van der Waals surface area contributed by atoms with Crippen LogP contribution in [0.1, 0.15) is 19.4 Å². The van der Waals surface area contributed by atoms with Gasteiger partial charge in [0.2, 0.25) is 0 Å². The van der Waals surface area contributed by atoms with E-state index in [-0.39, 0.29) is 0 Å². The molecule has 0 spiro atoms. The molecule has 0 bridgehead atoms. The van der Waals surface area contributed by atoms with Crippen molar-refractivity contribution in [3.63, 3.8) is 0 Å². The monoisotopic (exact) mass is 489 g/mol. The Hall–Kier alpha value is -4.04. The van der Waals surface area contributed by atoms with Crippen LogP contribution in [0.25, 0.3) is 22.2 Å². The summed E-state index contributed by atoms with van der Waals surface area (Å²) in [6.45, 7) is 7.80. The fourth-order valence-electron chi connectivity index (χ4n) is 4.45. The molecule has 36 heavy (non-hydrogen) atoms. The van der Waals surface area contributed by atoms with Crippen LogP contribution in [-0.4, -0.2) is 46.9 Å². The maximum absolute atomic E-state index is 12.3. The lowest BCUT2D eigenvalue weighted by atomic mass is 10.0. The number of ether oxygens (including phenoxy) is 1. The first kappa shape index (κ1) is 25.1. The molecule has 2 heterocycles. The van der Waals surface area contributed by atoms with Crippen molar-refractivity contribution in [2.75, 3.05) is 31.1 Å². The van der Waals surface area contributed by atoms with E-state index in [1.807, 2.05) is 32.0 Å². The van der Waals surface area contributed by atoms with E-state index in [1.165, 1.54) is 21.3 Å². The average Bonchev–Trinajstić information content (AvgIpc) is 3.24. The van der Waals surface area contributed by atoms with Gasteiger partial charge in [-0.1, -0.05) is 68.4 Å². The molecule has 4 aromatic rings. The summed E-state index contributed by atoms with van der Waals surface area (Å²) in [5.41, 5.74) is 5.50. The first-order valence-electron chi connectivity index (χ1n) is 12.2. The summed E-state index contributed by atoms with van der Waals surface area (Å²) in [7, 11) is 0. The Bertz CT molecular complexity index is 1350. The number of hydrogen-bond donors (Lipinski definition) is 1. The number of rotatable bonds is 6. The summed E-state index contributed by atoms with van der Waals surface area (Å²) in [6.07, 6.45) is -1.44. The molecule has 0 unspecified atom stereocenters. The summed E-state index contributed by atoms with van der Waals surface area (Å²) in [5, 5.41) is 8.76. The Labute approximate surface area is 209 Å². The zero-order valence-electron chi connectivity index (χ0n) is 20.6. The quantitative estimate of drug-likeness (QED) is 0.370. The molecule has 1 aliphatic heterocycles. The standard InChI is InChI=1S/C26H25N3O5.C2H6/c30-25-29(18-33-26(31)32)23-11-5-10-22(24(23)34-25)28-14-12-27(13-15-28)17-19-6-4-9-21(16-19)20-7-2-1-3-8-20;1-2/h1-11,16H,12-15,17-18H2,(H,31,32);1-2H3. The number of anilines is 1. The van der Waals surface area contributed by atoms with Crippen molar-refractivity contribution >= 4 is 22.9 Å². The van der Waals surface area contributed by atoms with Gasteiger partial charge in [0.25, 0.3) is 0 Å². The van der Waals surface area contributed by atoms with Crippen LogP contribution < -0.4 is 10.7 Å². The van der Waals surface area contributed by atoms with Crippen molar-refractivity contribution in [2.45, 2.75) is 27.1 Å². The zero-order chi connectivity index (χ0) is 25.5. The highest BCUT2D eigenvalue weighted by molar-refractivity contribution is 5.87. The molecule has 3 aromatic carbocycles. The van der Waals surface area contributed by atoms with E-state index in [2.05, 4.69) is 63.1 Å². The molecule has 0 aliphatic carbocycles. The van der Waals surface area contributed by atoms with Gasteiger partial charge in [0.05, 0.1) is 11.2 Å². The van der Waals surface area contributed by atoms with Gasteiger partial charge >= 0.3 is 11.9 Å². The third-order valence-corrected chi connectivity index (χ3v) is 6.14. The van der Waals surface area contributed by atoms with Crippen LogP contribution in [0, 0.1) is 0 Å². The average molecular weight is 490 g/mol. The number of fused-ring (bicyclic) bond motifs is 1. The number of oxazole rings is 1. The second kappa shape index (κ2) is 11.6. The fourth-order valence-corrected chi connectivity index (χ4v) is 4.45. The molecule has 5 rings (SSSR count). The zero-order valence-corrected chi connectivity index (χ0v) is 20.6. The third-order valence-electron chi connectivity index (χ3n) is 6.14. The number of piperazine rings is 1. The number of benzene rings is 3. The number of para-hydroxylation sites is 1. The van der Waals surface area contributed by atoms with E-state index in [0.29, 0.717) is 11.1 Å². The van der Waals surface area contributed by atoms with Crippen molar-refractivity contribution in [3.8, 4) is 11.1 Å². The Kier molecular flexibility index (Phi) is 8.07. The molecule has 1 aliphatic rings. The normalized spacial score (nSPS) is 13.8. The molecule has 188 valence electrons. The Balaban J connectivity index is 0.00000148. The van der Waals surface area contributed by atoms with Crippen LogP contribution >= 0.6 is 0 Å². The van der Waals surface area contributed by atoms with Crippen LogP contribution in [0.15, 0.2) is 82.0 Å². The number of carbonyl (C=O) groups is 1. The smallest absolute Gasteiger partial charge is 0.450 e. The van der Waals surface area contributed by atoms with E-state index in [1.54, 1.807) is 6.07 Å². The van der Waals surface area contributed by atoms with Crippen molar-refractivity contribution in [2.24, 2.45) is 0 Å². The van der Waals surface area contributed by atoms with Gasteiger partial charge in [0.1, 0.15) is 0 Å². The molecule has 8 nitrogen and oxygen atoms in total. The van der Waals surface area contributed by atoms with Crippen molar-refractivity contribution in [1.82, 2.24) is 9.47 Å². The molecule has 0 amide bonds. The molecule has 0 radical (unpaired) electrons. The van der Waals surface area contributed by atoms with Crippen molar-refractivity contribution in [3.05, 3.63) is 88.9 Å². The van der Waals surface area contributed by atoms with E-state index in [4.69, 9.17) is 9.52 Å². The minimum Gasteiger partial charge on any atom is -0.450 e. The van der Waals surface area contributed by atoms with Gasteiger partial charge in [-0.05, 0) is 34.9 Å². The predicted molar refractivity (Wildman–Crippen MR) is 140 cm³/mol. The maximum Gasteiger partial charge on any atom is 0.507 e. The van der Waals surface area contributed by atoms with E-state index in [0.717, 1.165) is 38.4 Å². The highest BCUT2D eigenvalue weighted by Gasteiger charge is 2.22. The summed E-state index contributed by atoms with van der Waals surface area (Å²) in [5.74, 6) is -0.638. The van der Waals surface area contributed by atoms with Crippen molar-refractivity contribution in [1.29, 1.82) is 0 Å². The number of hydrogen-bond acceptors (Lipinski definition) is 6. The highest BCUT2D eigenvalue weighted by Crippen LogP contribution is 2.28. The van der Waals surface area contributed by atoms with Crippen molar-refractivity contribution < 1.29 is 19.1 Å². The summed E-state index contributed by atoms with van der Waals surface area (Å²) < 4.78 is 11.2. The molecule has 1 N–H and O–H groups in total. The topological polar surface area (TPSA) is 88.1 Å². The first-order valence-corrected chi connectivity index (χ1v) is 12.2. The van der Waals surface area contributed by atoms with Crippen LogP contribution in [0.2, 0.25) is 0 Å². The predicted octanol–water partition coefficient (Wildman–Crippen LogP) is 5.26. The largest absolute Gasteiger partial charge is 0.507 e. The van der Waals surface area contributed by atoms with Gasteiger partial charge < -0.3 is 19.2 Å². The Morgan fingerprint density at radius 2 is 1.61 bits per heavy atom. The molecule has 1 fully saturated rings. The highest BCUT2D eigenvalue weighted by atomic mass is 16.7. The lowest BCUT2D eigenvalue weighted by molar-refractivity contribution is 0.0639. The third kappa shape index (κ3) is 5.60. The molecular weight excluding hydrogens is 458 g/mol. The SMILES string of the molecule is CC.O=C(O)OCn1c(=O)oc2c(N3CCN(Cc4cccc(-c5ccccc5)c4)CC3)cccc21. The summed E-state index contributed by atoms with van der Waals surface area (Å²) in [6, 6.07) is 24.5. The fraction of sp³-hybridized carbons (Fsp3) is 0.286. The van der Waals surface area contributed by atoms with Gasteiger partial charge in [-0.25, -0.2) is 14.2 Å². The molecule has 8 heteroatoms. The minimum atomic E-state index is -1.44. The van der Waals surface area contributed by atoms with E-state index >= 15 is 0 Å². The lowest BCUT2D eigenvalue weighted by Crippen LogP contribution is -2.46. The summed E-state index contributed by atoms with van der Waals surface area (Å²) >= 11 is 0. The second-order valence-electron chi connectivity index (χ2n) is 8.29. The first-order chi connectivity index (χ1) is 17.6. The Morgan fingerprint density at radius 1 is 0.917 bits per heavy atom. The Morgan fingerprint density at radius 3 is 2.33 bits per heavy atom. The van der Waals surface area contributed by atoms with Gasteiger partial charge in [-0.2, -0.15) is 0 Å². The molecule has 0 atom stereocenters. The number of aromatic nitrogens is 1. The van der Waals surface area contributed by atoms with E-state index in [9.17, 15) is 9.59 Å². The van der Waals surface area contributed by atoms with E-state index < -0.39 is 18.6 Å². The molecular formula is C28H31N3O5. The molecule has 0 saturated carbocycles.